The Morgan fingerprint density at radius 3 is 2.60 bits per heavy atom. The molecule has 1 aliphatic carbocycles. The molecule has 2 amide bonds. The minimum Gasteiger partial charge on any atom is -0.444 e. The molecule has 136 valence electrons. The molecule has 1 aliphatic heterocycles. The van der Waals surface area contributed by atoms with E-state index in [0.29, 0.717) is 13.1 Å². The predicted octanol–water partition coefficient (Wildman–Crippen LogP) is 3.51. The van der Waals surface area contributed by atoms with E-state index in [1.807, 2.05) is 58.0 Å². The molecule has 0 radical (unpaired) electrons. The molecule has 1 saturated heterocycles. The number of carbonyl (C=O) groups excluding carboxylic acids is 2. The van der Waals surface area contributed by atoms with Crippen LogP contribution in [0.15, 0.2) is 30.3 Å². The number of ether oxygens (including phenoxy) is 1. The SMILES string of the molecule is C[C@@H](NC(=O)[C@@H]1C[C@@]12CCN(C(=O)OC(C)(C)C)C2)c1ccccc1. The third-order valence-corrected chi connectivity index (χ3v) is 5.20. The van der Waals surface area contributed by atoms with E-state index < -0.39 is 5.60 Å². The van der Waals surface area contributed by atoms with Crippen LogP contribution < -0.4 is 5.32 Å². The first-order chi connectivity index (χ1) is 11.7. The van der Waals surface area contributed by atoms with E-state index >= 15 is 0 Å². The summed E-state index contributed by atoms with van der Waals surface area (Å²) in [6, 6.07) is 9.96. The first-order valence-corrected chi connectivity index (χ1v) is 9.03. The second-order valence-corrected chi connectivity index (χ2v) is 8.41. The summed E-state index contributed by atoms with van der Waals surface area (Å²) >= 11 is 0. The van der Waals surface area contributed by atoms with Gasteiger partial charge in [0.05, 0.1) is 6.04 Å². The number of carbonyl (C=O) groups is 2. The highest BCUT2D eigenvalue weighted by Crippen LogP contribution is 2.58. The zero-order valence-electron chi connectivity index (χ0n) is 15.5. The van der Waals surface area contributed by atoms with Crippen molar-refractivity contribution in [3.8, 4) is 0 Å². The van der Waals surface area contributed by atoms with E-state index in [1.54, 1.807) is 4.90 Å². The lowest BCUT2D eigenvalue weighted by atomic mass is 10.0. The molecule has 1 heterocycles. The van der Waals surface area contributed by atoms with Gasteiger partial charge in [0.25, 0.3) is 0 Å². The molecule has 3 rings (SSSR count). The number of benzene rings is 1. The molecule has 1 aromatic carbocycles. The highest BCUT2D eigenvalue weighted by Gasteiger charge is 2.61. The molecule has 0 unspecified atom stereocenters. The van der Waals surface area contributed by atoms with Crippen LogP contribution >= 0.6 is 0 Å². The number of amides is 2. The van der Waals surface area contributed by atoms with Gasteiger partial charge in [0, 0.05) is 24.4 Å². The molecule has 3 atom stereocenters. The Hall–Kier alpha value is -2.04. The largest absolute Gasteiger partial charge is 0.444 e. The second kappa shape index (κ2) is 6.36. The van der Waals surface area contributed by atoms with Crippen LogP contribution in [0.3, 0.4) is 0 Å². The molecule has 1 aromatic rings. The number of likely N-dealkylation sites (tertiary alicyclic amines) is 1. The van der Waals surface area contributed by atoms with Gasteiger partial charge in [0.1, 0.15) is 5.60 Å². The van der Waals surface area contributed by atoms with E-state index in [9.17, 15) is 9.59 Å². The van der Waals surface area contributed by atoms with Gasteiger partial charge in [0.2, 0.25) is 5.91 Å². The molecule has 1 spiro atoms. The van der Waals surface area contributed by atoms with Crippen LogP contribution in [-0.2, 0) is 9.53 Å². The second-order valence-electron chi connectivity index (χ2n) is 8.41. The van der Waals surface area contributed by atoms with Crippen molar-refractivity contribution < 1.29 is 14.3 Å². The number of hydrogen-bond acceptors (Lipinski definition) is 3. The average molecular weight is 344 g/mol. The van der Waals surface area contributed by atoms with Crippen molar-refractivity contribution in [2.24, 2.45) is 11.3 Å². The van der Waals surface area contributed by atoms with Gasteiger partial charge in [-0.2, -0.15) is 0 Å². The zero-order valence-corrected chi connectivity index (χ0v) is 15.5. The third kappa shape index (κ3) is 3.97. The smallest absolute Gasteiger partial charge is 0.410 e. The summed E-state index contributed by atoms with van der Waals surface area (Å²) in [5.41, 5.74) is 0.572. The molecule has 2 fully saturated rings. The molecular formula is C20H28N2O3. The van der Waals surface area contributed by atoms with E-state index in [1.165, 1.54) is 0 Å². The minimum atomic E-state index is -0.488. The van der Waals surface area contributed by atoms with Crippen molar-refractivity contribution in [1.82, 2.24) is 10.2 Å². The van der Waals surface area contributed by atoms with Gasteiger partial charge in [-0.1, -0.05) is 30.3 Å². The topological polar surface area (TPSA) is 58.6 Å². The number of rotatable bonds is 3. The van der Waals surface area contributed by atoms with Crippen molar-refractivity contribution in [3.05, 3.63) is 35.9 Å². The number of nitrogens with zero attached hydrogens (tertiary/aromatic N) is 1. The fraction of sp³-hybridized carbons (Fsp3) is 0.600. The van der Waals surface area contributed by atoms with Crippen LogP contribution in [0, 0.1) is 11.3 Å². The lowest BCUT2D eigenvalue weighted by Crippen LogP contribution is -2.36. The minimum absolute atomic E-state index is 0.00490. The molecule has 25 heavy (non-hydrogen) atoms. The van der Waals surface area contributed by atoms with Gasteiger partial charge in [-0.25, -0.2) is 4.79 Å². The lowest BCUT2D eigenvalue weighted by molar-refractivity contribution is -0.123. The van der Waals surface area contributed by atoms with Gasteiger partial charge < -0.3 is 15.0 Å². The van der Waals surface area contributed by atoms with Gasteiger partial charge in [0.15, 0.2) is 0 Å². The van der Waals surface area contributed by atoms with E-state index in [4.69, 9.17) is 4.74 Å². The molecule has 2 aliphatic rings. The summed E-state index contributed by atoms with van der Waals surface area (Å²) in [5.74, 6) is 0.105. The Bertz CT molecular complexity index is 653. The highest BCUT2D eigenvalue weighted by molar-refractivity contribution is 5.83. The van der Waals surface area contributed by atoms with Gasteiger partial charge in [-0.3, -0.25) is 4.79 Å². The Labute approximate surface area is 149 Å². The first kappa shape index (κ1) is 17.8. The molecule has 0 aromatic heterocycles. The van der Waals surface area contributed by atoms with E-state index in [0.717, 1.165) is 18.4 Å². The summed E-state index contributed by atoms with van der Waals surface area (Å²) < 4.78 is 5.45. The summed E-state index contributed by atoms with van der Waals surface area (Å²) in [4.78, 5) is 26.6. The Morgan fingerprint density at radius 2 is 1.96 bits per heavy atom. The number of nitrogens with one attached hydrogen (secondary N) is 1. The first-order valence-electron chi connectivity index (χ1n) is 9.03. The quantitative estimate of drug-likeness (QED) is 0.913. The van der Waals surface area contributed by atoms with Gasteiger partial charge in [-0.15, -0.1) is 0 Å². The maximum Gasteiger partial charge on any atom is 0.410 e. The van der Waals surface area contributed by atoms with Crippen LogP contribution in [0.25, 0.3) is 0 Å². The third-order valence-electron chi connectivity index (χ3n) is 5.20. The maximum absolute atomic E-state index is 12.6. The Morgan fingerprint density at radius 1 is 1.28 bits per heavy atom. The molecule has 0 bridgehead atoms. The van der Waals surface area contributed by atoms with Crippen LogP contribution in [0.1, 0.15) is 52.1 Å². The predicted molar refractivity (Wildman–Crippen MR) is 96.0 cm³/mol. The fourth-order valence-electron chi connectivity index (χ4n) is 3.69. The van der Waals surface area contributed by atoms with Crippen molar-refractivity contribution in [2.45, 2.75) is 52.2 Å². The normalized spacial score (nSPS) is 26.4. The van der Waals surface area contributed by atoms with Crippen LogP contribution in [-0.4, -0.2) is 35.6 Å². The van der Waals surface area contributed by atoms with Crippen LogP contribution in [0.4, 0.5) is 4.79 Å². The van der Waals surface area contributed by atoms with E-state index in [-0.39, 0.29) is 29.4 Å². The van der Waals surface area contributed by atoms with Crippen molar-refractivity contribution in [3.63, 3.8) is 0 Å². The summed E-state index contributed by atoms with van der Waals surface area (Å²) in [6.45, 7) is 8.91. The molecule has 5 nitrogen and oxygen atoms in total. The molecule has 5 heteroatoms. The van der Waals surface area contributed by atoms with Gasteiger partial charge in [-0.05, 0) is 46.1 Å². The van der Waals surface area contributed by atoms with Gasteiger partial charge >= 0.3 is 6.09 Å². The van der Waals surface area contributed by atoms with Crippen LogP contribution in [0.5, 0.6) is 0 Å². The summed E-state index contributed by atoms with van der Waals surface area (Å²) in [7, 11) is 0. The lowest BCUT2D eigenvalue weighted by Gasteiger charge is -2.24. The Balaban J connectivity index is 1.54. The van der Waals surface area contributed by atoms with Crippen molar-refractivity contribution >= 4 is 12.0 Å². The van der Waals surface area contributed by atoms with E-state index in [2.05, 4.69) is 5.32 Å². The molecule has 1 saturated carbocycles. The zero-order chi connectivity index (χ0) is 18.2. The summed E-state index contributed by atoms with van der Waals surface area (Å²) in [6.07, 6.45) is 1.47. The molecule has 1 N–H and O–H groups in total. The molecular weight excluding hydrogens is 316 g/mol. The van der Waals surface area contributed by atoms with Crippen LogP contribution in [0.2, 0.25) is 0 Å². The monoisotopic (exact) mass is 344 g/mol. The highest BCUT2D eigenvalue weighted by atomic mass is 16.6. The standard InChI is InChI=1S/C20H28N2O3/c1-14(15-8-6-5-7-9-15)21-17(23)16-12-20(16)10-11-22(13-20)18(24)25-19(2,3)4/h5-9,14,16H,10-13H2,1-4H3,(H,21,23)/t14-,16+,20-/m1/s1. The van der Waals surface area contributed by atoms with Crippen molar-refractivity contribution in [2.75, 3.05) is 13.1 Å². The maximum atomic E-state index is 12.6. The summed E-state index contributed by atoms with van der Waals surface area (Å²) in [5, 5.41) is 3.12. The fourth-order valence-corrected chi connectivity index (χ4v) is 3.69. The van der Waals surface area contributed by atoms with Crippen molar-refractivity contribution in [1.29, 1.82) is 0 Å². The Kier molecular flexibility index (Phi) is 4.52. The number of hydrogen-bond donors (Lipinski definition) is 1. The average Bonchev–Trinajstić information content (AvgIpc) is 3.06.